The van der Waals surface area contributed by atoms with E-state index < -0.39 is 5.97 Å². The highest BCUT2D eigenvalue weighted by Gasteiger charge is 2.32. The first kappa shape index (κ1) is 10.1. The van der Waals surface area contributed by atoms with Gasteiger partial charge in [-0.25, -0.2) is 0 Å². The predicted molar refractivity (Wildman–Crippen MR) is 55.4 cm³/mol. The Morgan fingerprint density at radius 3 is 2.87 bits per heavy atom. The van der Waals surface area contributed by atoms with Crippen LogP contribution in [0, 0.1) is 12.8 Å². The first-order chi connectivity index (χ1) is 7.15. The number of pyridine rings is 1. The Morgan fingerprint density at radius 1 is 1.60 bits per heavy atom. The molecule has 2 rings (SSSR count). The Kier molecular flexibility index (Phi) is 2.68. The monoisotopic (exact) mass is 206 g/mol. The number of hydrogen-bond donors (Lipinski definition) is 1. The molecule has 15 heavy (non-hydrogen) atoms. The molecule has 0 unspecified atom stereocenters. The van der Waals surface area contributed by atoms with E-state index in [1.165, 1.54) is 0 Å². The topological polar surface area (TPSA) is 53.4 Å². The molecule has 1 saturated heterocycles. The van der Waals surface area contributed by atoms with Crippen molar-refractivity contribution < 1.29 is 9.90 Å². The summed E-state index contributed by atoms with van der Waals surface area (Å²) in [5.41, 5.74) is 2.15. The first-order valence-electron chi connectivity index (χ1n) is 5.02. The van der Waals surface area contributed by atoms with Gasteiger partial charge in [-0.15, -0.1) is 0 Å². The highest BCUT2D eigenvalue weighted by Crippen LogP contribution is 2.18. The van der Waals surface area contributed by atoms with Gasteiger partial charge in [0.2, 0.25) is 0 Å². The van der Waals surface area contributed by atoms with E-state index in [1.807, 2.05) is 25.3 Å². The van der Waals surface area contributed by atoms with Crippen LogP contribution in [0.3, 0.4) is 0 Å². The van der Waals surface area contributed by atoms with Gasteiger partial charge in [-0.3, -0.25) is 14.7 Å². The third kappa shape index (κ3) is 2.33. The zero-order valence-corrected chi connectivity index (χ0v) is 8.68. The van der Waals surface area contributed by atoms with Crippen molar-refractivity contribution in [2.45, 2.75) is 13.5 Å². The molecule has 0 saturated carbocycles. The second-order valence-corrected chi connectivity index (χ2v) is 4.04. The van der Waals surface area contributed by atoms with Crippen molar-refractivity contribution >= 4 is 5.97 Å². The molecule has 1 aromatic heterocycles. The fraction of sp³-hybridized carbons (Fsp3) is 0.455. The Bertz CT molecular complexity index is 355. The Labute approximate surface area is 88.6 Å². The van der Waals surface area contributed by atoms with Crippen LogP contribution in [0.4, 0.5) is 0 Å². The van der Waals surface area contributed by atoms with Crippen molar-refractivity contribution in [3.63, 3.8) is 0 Å². The molecule has 4 heteroatoms. The molecule has 0 aromatic carbocycles. The lowest BCUT2D eigenvalue weighted by Crippen LogP contribution is -2.49. The van der Waals surface area contributed by atoms with Crippen LogP contribution < -0.4 is 0 Å². The molecule has 0 radical (unpaired) electrons. The van der Waals surface area contributed by atoms with Gasteiger partial charge in [-0.2, -0.15) is 0 Å². The maximum absolute atomic E-state index is 10.6. The average Bonchev–Trinajstić information content (AvgIpc) is 2.13. The van der Waals surface area contributed by atoms with Gasteiger partial charge in [-0.1, -0.05) is 6.07 Å². The largest absolute Gasteiger partial charge is 0.481 e. The van der Waals surface area contributed by atoms with E-state index in [9.17, 15) is 4.79 Å². The quantitative estimate of drug-likeness (QED) is 0.798. The van der Waals surface area contributed by atoms with Crippen molar-refractivity contribution in [1.82, 2.24) is 9.88 Å². The Hall–Kier alpha value is -1.42. The molecule has 1 fully saturated rings. The van der Waals surface area contributed by atoms with Gasteiger partial charge in [0.25, 0.3) is 0 Å². The number of aromatic nitrogens is 1. The summed E-state index contributed by atoms with van der Waals surface area (Å²) >= 11 is 0. The fourth-order valence-corrected chi connectivity index (χ4v) is 1.71. The maximum Gasteiger partial charge on any atom is 0.309 e. The molecule has 2 heterocycles. The summed E-state index contributed by atoms with van der Waals surface area (Å²) in [4.78, 5) is 16.9. The molecule has 1 aliphatic rings. The van der Waals surface area contributed by atoms with Gasteiger partial charge in [-0.05, 0) is 18.6 Å². The summed E-state index contributed by atoms with van der Waals surface area (Å²) in [6.45, 7) is 4.07. The SMILES string of the molecule is Cc1ccc(CN2CC(C(=O)O)C2)cn1. The minimum Gasteiger partial charge on any atom is -0.481 e. The number of rotatable bonds is 3. The van der Waals surface area contributed by atoms with Crippen molar-refractivity contribution in [2.24, 2.45) is 5.92 Å². The molecular weight excluding hydrogens is 192 g/mol. The molecule has 1 aromatic rings. The van der Waals surface area contributed by atoms with E-state index in [0.29, 0.717) is 13.1 Å². The molecule has 0 spiro atoms. The summed E-state index contributed by atoms with van der Waals surface area (Å²) in [7, 11) is 0. The van der Waals surface area contributed by atoms with E-state index >= 15 is 0 Å². The number of aryl methyl sites for hydroxylation is 1. The van der Waals surface area contributed by atoms with Crippen LogP contribution in [0.25, 0.3) is 0 Å². The smallest absolute Gasteiger partial charge is 0.309 e. The number of carbonyl (C=O) groups is 1. The van der Waals surface area contributed by atoms with E-state index in [-0.39, 0.29) is 5.92 Å². The van der Waals surface area contributed by atoms with Crippen LogP contribution >= 0.6 is 0 Å². The van der Waals surface area contributed by atoms with Gasteiger partial charge < -0.3 is 5.11 Å². The van der Waals surface area contributed by atoms with Gasteiger partial charge >= 0.3 is 5.97 Å². The number of likely N-dealkylation sites (tertiary alicyclic amines) is 1. The summed E-state index contributed by atoms with van der Waals surface area (Å²) in [6, 6.07) is 4.01. The lowest BCUT2D eigenvalue weighted by molar-refractivity contribution is -0.147. The highest BCUT2D eigenvalue weighted by atomic mass is 16.4. The Balaban J connectivity index is 1.85. The van der Waals surface area contributed by atoms with E-state index in [2.05, 4.69) is 9.88 Å². The number of hydrogen-bond acceptors (Lipinski definition) is 3. The molecule has 0 amide bonds. The molecule has 1 N–H and O–H groups in total. The molecule has 0 bridgehead atoms. The van der Waals surface area contributed by atoms with Gasteiger partial charge in [0.15, 0.2) is 0 Å². The molecule has 1 aliphatic heterocycles. The van der Waals surface area contributed by atoms with Crippen LogP contribution in [0.5, 0.6) is 0 Å². The summed E-state index contributed by atoms with van der Waals surface area (Å²) < 4.78 is 0. The lowest BCUT2D eigenvalue weighted by Gasteiger charge is -2.36. The zero-order valence-electron chi connectivity index (χ0n) is 8.68. The van der Waals surface area contributed by atoms with Crippen LogP contribution in [-0.4, -0.2) is 34.0 Å². The molecular formula is C11H14N2O2. The van der Waals surface area contributed by atoms with Crippen molar-refractivity contribution in [1.29, 1.82) is 0 Å². The van der Waals surface area contributed by atoms with Crippen LogP contribution in [0.1, 0.15) is 11.3 Å². The van der Waals surface area contributed by atoms with Crippen LogP contribution in [0.2, 0.25) is 0 Å². The zero-order chi connectivity index (χ0) is 10.8. The first-order valence-corrected chi connectivity index (χ1v) is 5.02. The second-order valence-electron chi connectivity index (χ2n) is 4.04. The summed E-state index contributed by atoms with van der Waals surface area (Å²) in [6.07, 6.45) is 1.85. The third-order valence-electron chi connectivity index (χ3n) is 2.69. The average molecular weight is 206 g/mol. The van der Waals surface area contributed by atoms with Crippen LogP contribution in [0.15, 0.2) is 18.3 Å². The second kappa shape index (κ2) is 3.98. The van der Waals surface area contributed by atoms with Gasteiger partial charge in [0.05, 0.1) is 5.92 Å². The normalized spacial score (nSPS) is 17.4. The number of carboxylic acid groups (broad SMARTS) is 1. The fourth-order valence-electron chi connectivity index (χ4n) is 1.71. The van der Waals surface area contributed by atoms with E-state index in [4.69, 9.17) is 5.11 Å². The summed E-state index contributed by atoms with van der Waals surface area (Å²) in [5, 5.41) is 8.71. The predicted octanol–water partition coefficient (Wildman–Crippen LogP) is 0.906. The number of nitrogens with zero attached hydrogens (tertiary/aromatic N) is 2. The van der Waals surface area contributed by atoms with Crippen molar-refractivity contribution in [2.75, 3.05) is 13.1 Å². The molecule has 0 atom stereocenters. The maximum atomic E-state index is 10.6. The molecule has 80 valence electrons. The van der Waals surface area contributed by atoms with E-state index in [1.54, 1.807) is 0 Å². The van der Waals surface area contributed by atoms with Crippen LogP contribution in [-0.2, 0) is 11.3 Å². The minimum atomic E-state index is -0.687. The van der Waals surface area contributed by atoms with Gasteiger partial charge in [0.1, 0.15) is 0 Å². The minimum absolute atomic E-state index is 0.177. The summed E-state index contributed by atoms with van der Waals surface area (Å²) in [5.74, 6) is -0.864. The van der Waals surface area contributed by atoms with E-state index in [0.717, 1.165) is 17.8 Å². The molecule has 4 nitrogen and oxygen atoms in total. The van der Waals surface area contributed by atoms with Gasteiger partial charge in [0, 0.05) is 31.5 Å². The number of carboxylic acids is 1. The highest BCUT2D eigenvalue weighted by molar-refractivity contribution is 5.71. The Morgan fingerprint density at radius 2 is 2.33 bits per heavy atom. The van der Waals surface area contributed by atoms with Crippen molar-refractivity contribution in [3.05, 3.63) is 29.6 Å². The lowest BCUT2D eigenvalue weighted by atomic mass is 10.00. The standard InChI is InChI=1S/C11H14N2O2/c1-8-2-3-9(4-12-8)5-13-6-10(7-13)11(14)15/h2-4,10H,5-7H2,1H3,(H,14,15). The third-order valence-corrected chi connectivity index (χ3v) is 2.69. The molecule has 0 aliphatic carbocycles. The number of aliphatic carboxylic acids is 1. The van der Waals surface area contributed by atoms with Crippen molar-refractivity contribution in [3.8, 4) is 0 Å².